The number of fused-ring (bicyclic) bond motifs is 2. The van der Waals surface area contributed by atoms with Crippen LogP contribution in [0.1, 0.15) is 107 Å². The largest absolute Gasteiger partial charge is 0.399 e. The molecule has 19 nitrogen and oxygen atoms in total. The topological polar surface area (TPSA) is 260 Å². The molecular weight excluding hydrogens is 1000 g/mol. The van der Waals surface area contributed by atoms with Crippen LogP contribution in [-0.4, -0.2) is 132 Å². The number of alkyl halides is 2. The third kappa shape index (κ3) is 10.9. The molecule has 0 radical (unpaired) electrons. The summed E-state index contributed by atoms with van der Waals surface area (Å²) in [5.41, 5.74) is -4.52. The number of amides is 9. The minimum absolute atomic E-state index is 0.0108. The Labute approximate surface area is 428 Å². The van der Waals surface area contributed by atoms with E-state index in [0.717, 1.165) is 41.0 Å². The second-order valence-corrected chi connectivity index (χ2v) is 22.2. The van der Waals surface area contributed by atoms with Gasteiger partial charge in [0.15, 0.2) is 0 Å². The number of nitrogens with zero attached hydrogens (tertiary/aromatic N) is 4. The van der Waals surface area contributed by atoms with Gasteiger partial charge in [0.25, 0.3) is 11.8 Å². The van der Waals surface area contributed by atoms with Crippen molar-refractivity contribution < 1.29 is 66.3 Å². The third-order valence-corrected chi connectivity index (χ3v) is 15.6. The molecule has 0 spiro atoms. The predicted octanol–water partition coefficient (Wildman–Crippen LogP) is 3.39. The molecule has 3 fully saturated rings. The summed E-state index contributed by atoms with van der Waals surface area (Å²) >= 11 is 0.896. The molecule has 0 aromatic heterocycles. The van der Waals surface area contributed by atoms with E-state index in [1.807, 2.05) is 30.3 Å². The molecule has 5 aliphatic rings. The number of piperidine rings is 2. The van der Waals surface area contributed by atoms with Crippen molar-refractivity contribution in [3.63, 3.8) is 0 Å². The van der Waals surface area contributed by atoms with Crippen LogP contribution in [-0.2, 0) is 50.2 Å². The van der Waals surface area contributed by atoms with Crippen LogP contribution in [0.25, 0.3) is 6.08 Å². The van der Waals surface area contributed by atoms with Gasteiger partial charge >= 0.3 is 13.3 Å². The summed E-state index contributed by atoms with van der Waals surface area (Å²) in [5.74, 6) is -0.694. The minimum Gasteiger partial charge on any atom is -0.345 e. The number of hydrogen-bond acceptors (Lipinski definition) is 11. The van der Waals surface area contributed by atoms with Gasteiger partial charge in [-0.15, -0.1) is 0 Å². The summed E-state index contributed by atoms with van der Waals surface area (Å²) in [6.07, 6.45) is 1.99. The lowest BCUT2D eigenvalue weighted by atomic mass is 9.85. The number of imide groups is 2. The average Bonchev–Trinajstić information content (AvgIpc) is 3.91. The number of halogens is 2. The maximum atomic E-state index is 14.9. The summed E-state index contributed by atoms with van der Waals surface area (Å²) in [4.78, 5) is 144. The van der Waals surface area contributed by atoms with Gasteiger partial charge in [0, 0.05) is 48.5 Å². The van der Waals surface area contributed by atoms with Crippen molar-refractivity contribution >= 4 is 78.8 Å². The van der Waals surface area contributed by atoms with Crippen LogP contribution in [0, 0.1) is 17.3 Å². The molecule has 3 aromatic carbocycles. The van der Waals surface area contributed by atoms with Crippen LogP contribution >= 0.6 is 19.5 Å². The molecule has 8 rings (SSSR count). The van der Waals surface area contributed by atoms with Crippen LogP contribution in [0.2, 0.25) is 0 Å². The van der Waals surface area contributed by atoms with Crippen LogP contribution < -0.4 is 16.0 Å². The molecule has 388 valence electrons. The molecule has 0 bridgehead atoms. The van der Waals surface area contributed by atoms with E-state index in [-0.39, 0.29) is 72.0 Å². The standard InChI is InChI=1S/C51H52F2N7O12PS/c1-50(2,3)43(56-44(64)34-22-31-16-17-35(24-33(31)23-34)51(52,53)73(70,71)72)49(69)58-28-74-59(27-38(58)47(67)57-21-9-14-32(26-57)29-10-5-4-6-11-29)41(63)25-40(62)54-20-8-13-30-12-7-15-36-42(30)48(68)60(46(36)66)37-18-19-39(61)55-45(37)65/h4-7,10-12,15-17,23-24,32,37-38,43H,9,14,18-22,25-28H2,1-3H3,(H,54,62)(H,56,64)(H,55,61,65)(H2,70,71,72)/t32-,37?,38-,43?/m0/s1. The summed E-state index contributed by atoms with van der Waals surface area (Å²) < 4.78 is 42.0. The first-order valence-corrected chi connectivity index (χ1v) is 26.3. The maximum absolute atomic E-state index is 14.9. The first kappa shape index (κ1) is 53.2. The smallest absolute Gasteiger partial charge is 0.345 e. The molecule has 3 saturated heterocycles. The quantitative estimate of drug-likeness (QED) is 0.0608. The van der Waals surface area contributed by atoms with Gasteiger partial charge in [-0.05, 0) is 77.6 Å². The zero-order chi connectivity index (χ0) is 53.4. The second kappa shape index (κ2) is 21.1. The van der Waals surface area contributed by atoms with Crippen molar-refractivity contribution in [3.05, 3.63) is 111 Å². The molecule has 0 saturated carbocycles. The van der Waals surface area contributed by atoms with Crippen molar-refractivity contribution in [1.29, 1.82) is 0 Å². The number of hydrogen-bond donors (Lipinski definition) is 5. The molecule has 4 heterocycles. The molecule has 1 aliphatic carbocycles. The Bertz CT molecular complexity index is 3020. The predicted molar refractivity (Wildman–Crippen MR) is 263 cm³/mol. The molecule has 4 aliphatic heterocycles. The van der Waals surface area contributed by atoms with Crippen LogP contribution in [0.4, 0.5) is 8.78 Å². The van der Waals surface area contributed by atoms with E-state index in [4.69, 9.17) is 0 Å². The molecular formula is C51H52F2N7O12PS. The van der Waals surface area contributed by atoms with Crippen LogP contribution in [0.5, 0.6) is 0 Å². The fourth-order valence-electron chi connectivity index (χ4n) is 9.58. The highest BCUT2D eigenvalue weighted by Gasteiger charge is 2.51. The van der Waals surface area contributed by atoms with E-state index in [1.165, 1.54) is 39.5 Å². The fraction of sp³-hybridized carbons (Fsp3) is 0.392. The van der Waals surface area contributed by atoms with E-state index in [2.05, 4.69) is 27.8 Å². The van der Waals surface area contributed by atoms with Crippen molar-refractivity contribution in [1.82, 2.24) is 35.0 Å². The Kier molecular flexibility index (Phi) is 15.2. The molecule has 4 atom stereocenters. The van der Waals surface area contributed by atoms with Crippen molar-refractivity contribution in [2.24, 2.45) is 5.41 Å². The maximum Gasteiger partial charge on any atom is 0.399 e. The zero-order valence-electron chi connectivity index (χ0n) is 40.4. The van der Waals surface area contributed by atoms with Gasteiger partial charge in [-0.25, -0.2) is 0 Å². The Morgan fingerprint density at radius 1 is 0.946 bits per heavy atom. The normalized spacial score (nSPS) is 20.4. The summed E-state index contributed by atoms with van der Waals surface area (Å²) in [6.45, 7) is 5.22. The van der Waals surface area contributed by atoms with Crippen molar-refractivity contribution in [2.75, 3.05) is 32.1 Å². The number of benzene rings is 3. The van der Waals surface area contributed by atoms with Gasteiger partial charge in [-0.3, -0.25) is 62.2 Å². The minimum atomic E-state index is -5.87. The first-order valence-electron chi connectivity index (χ1n) is 23.7. The molecule has 23 heteroatoms. The van der Waals surface area contributed by atoms with Gasteiger partial charge in [0.05, 0.1) is 30.1 Å². The average molecular weight is 1060 g/mol. The Balaban J connectivity index is 0.957. The van der Waals surface area contributed by atoms with Gasteiger partial charge in [-0.2, -0.15) is 8.78 Å². The van der Waals surface area contributed by atoms with Crippen molar-refractivity contribution in [3.8, 4) is 11.8 Å². The Morgan fingerprint density at radius 2 is 1.69 bits per heavy atom. The lowest BCUT2D eigenvalue weighted by molar-refractivity contribution is -0.150. The fourth-order valence-corrected chi connectivity index (χ4v) is 11.1. The van der Waals surface area contributed by atoms with Gasteiger partial charge in [-0.1, -0.05) is 81.1 Å². The molecule has 2 unspecified atom stereocenters. The van der Waals surface area contributed by atoms with E-state index in [9.17, 15) is 66.3 Å². The van der Waals surface area contributed by atoms with Crippen molar-refractivity contribution in [2.45, 2.75) is 89.0 Å². The highest BCUT2D eigenvalue weighted by Crippen LogP contribution is 2.59. The molecule has 74 heavy (non-hydrogen) atoms. The van der Waals surface area contributed by atoms with E-state index < -0.39 is 102 Å². The summed E-state index contributed by atoms with van der Waals surface area (Å²) in [5, 5.41) is 7.48. The molecule has 5 N–H and O–H groups in total. The zero-order valence-corrected chi connectivity index (χ0v) is 42.1. The Hall–Kier alpha value is -7.05. The number of likely N-dealkylation sites (tertiary alicyclic amines) is 1. The Morgan fingerprint density at radius 3 is 2.39 bits per heavy atom. The van der Waals surface area contributed by atoms with Gasteiger partial charge < -0.3 is 30.2 Å². The number of carbonyl (C=O) groups is 9. The second-order valence-electron chi connectivity index (χ2n) is 19.6. The first-order chi connectivity index (χ1) is 34.9. The van der Waals surface area contributed by atoms with Crippen LogP contribution in [0.15, 0.2) is 72.3 Å². The highest BCUT2D eigenvalue weighted by atomic mass is 32.2. The third-order valence-electron chi connectivity index (χ3n) is 13.5. The lowest BCUT2D eigenvalue weighted by Gasteiger charge is -2.45. The van der Waals surface area contributed by atoms with E-state index in [1.54, 1.807) is 25.7 Å². The van der Waals surface area contributed by atoms with E-state index in [0.29, 0.717) is 25.1 Å². The highest BCUT2D eigenvalue weighted by molar-refractivity contribution is 7.97. The monoisotopic (exact) mass is 1060 g/mol. The van der Waals surface area contributed by atoms with E-state index >= 15 is 0 Å². The summed E-state index contributed by atoms with van der Waals surface area (Å²) in [6, 6.07) is 13.4. The lowest BCUT2D eigenvalue weighted by Crippen LogP contribution is -2.64. The van der Waals surface area contributed by atoms with Gasteiger partial charge in [0.2, 0.25) is 41.4 Å². The summed E-state index contributed by atoms with van der Waals surface area (Å²) in [7, 11) is -5.87. The molecule has 9 amide bonds. The number of rotatable bonds is 11. The number of nitrogens with one attached hydrogen (secondary N) is 3. The number of carbonyl (C=O) groups excluding carboxylic acids is 9. The SMILES string of the molecule is CC(C)(C)C(NC(=O)C1=Cc2cc(C(F)(F)P(=O)(O)O)ccc2C1)C(=O)N1CSN(C(=O)CC(=O)NCC#Cc2cccc3c2C(=O)N(C2CCC(=O)NC2=O)C3=O)C[C@H]1C(=O)N1CCC[C@H](c2ccccc2)C1. The van der Waals surface area contributed by atoms with Crippen LogP contribution in [0.3, 0.4) is 0 Å². The van der Waals surface area contributed by atoms with Gasteiger partial charge in [0.1, 0.15) is 24.5 Å². The molecule has 3 aromatic rings.